The van der Waals surface area contributed by atoms with Gasteiger partial charge in [0.05, 0.1) is 11.7 Å². The molecule has 0 saturated heterocycles. The molecule has 2 unspecified atom stereocenters. The summed E-state index contributed by atoms with van der Waals surface area (Å²) in [4.78, 5) is 4.63. The molecule has 0 N–H and O–H groups in total. The molecule has 0 amide bonds. The van der Waals surface area contributed by atoms with Gasteiger partial charge in [-0.3, -0.25) is 4.40 Å². The quantitative estimate of drug-likeness (QED) is 0.484. The highest BCUT2D eigenvalue weighted by atomic mass is 28.3. The zero-order chi connectivity index (χ0) is 18.1. The van der Waals surface area contributed by atoms with E-state index in [1.807, 2.05) is 6.20 Å². The minimum atomic E-state index is -0.232. The van der Waals surface area contributed by atoms with Crippen LogP contribution in [-0.4, -0.2) is 39.6 Å². The molecule has 1 aliphatic carbocycles. The minimum absolute atomic E-state index is 0.232. The average Bonchev–Trinajstić information content (AvgIpc) is 3.22. The second-order valence-corrected chi connectivity index (χ2v) is 10.8. The maximum absolute atomic E-state index is 5.86. The summed E-state index contributed by atoms with van der Waals surface area (Å²) in [6, 6.07) is 3.30. The number of fused-ring (bicyclic) bond motifs is 3. The largest absolute Gasteiger partial charge is 0.361 e. The molecule has 0 bridgehead atoms. The van der Waals surface area contributed by atoms with Gasteiger partial charge in [-0.2, -0.15) is 0 Å². The van der Waals surface area contributed by atoms with Crippen LogP contribution in [0.4, 0.5) is 0 Å². The van der Waals surface area contributed by atoms with Crippen LogP contribution in [0.25, 0.3) is 16.8 Å². The first-order valence-electron chi connectivity index (χ1n) is 9.71. The molecule has 0 spiro atoms. The number of hydrogen-bond acceptors (Lipinski definition) is 4. The molecular weight excluding hydrogens is 342 g/mol. The zero-order valence-electron chi connectivity index (χ0n) is 16.0. The van der Waals surface area contributed by atoms with Crippen molar-refractivity contribution in [2.75, 3.05) is 6.61 Å². The third kappa shape index (κ3) is 3.30. The van der Waals surface area contributed by atoms with Gasteiger partial charge < -0.3 is 9.30 Å². The van der Waals surface area contributed by atoms with Crippen LogP contribution >= 0.6 is 0 Å². The van der Waals surface area contributed by atoms with E-state index in [0.717, 1.165) is 29.2 Å². The molecule has 1 aliphatic rings. The van der Waals surface area contributed by atoms with Gasteiger partial charge in [-0.1, -0.05) is 39.3 Å². The van der Waals surface area contributed by atoms with Gasteiger partial charge in [0.25, 0.3) is 0 Å². The molecule has 26 heavy (non-hydrogen) atoms. The lowest BCUT2D eigenvalue weighted by atomic mass is 9.80. The molecule has 3 heterocycles. The van der Waals surface area contributed by atoms with Crippen molar-refractivity contribution in [2.24, 2.45) is 5.92 Å². The van der Waals surface area contributed by atoms with Crippen LogP contribution in [0.15, 0.2) is 18.5 Å². The van der Waals surface area contributed by atoms with Crippen LogP contribution in [0.5, 0.6) is 0 Å². The minimum Gasteiger partial charge on any atom is -0.361 e. The van der Waals surface area contributed by atoms with Gasteiger partial charge in [0, 0.05) is 27.5 Å². The van der Waals surface area contributed by atoms with E-state index in [1.54, 1.807) is 0 Å². The SMILES string of the molecule is CC1CCCCC1c1nnc2cnc3c(ccn3COCC[Si](C)C)n12. The molecule has 3 aromatic rings. The predicted octanol–water partition coefficient (Wildman–Crippen LogP) is 4.10. The Morgan fingerprint density at radius 2 is 2.08 bits per heavy atom. The molecule has 0 aliphatic heterocycles. The summed E-state index contributed by atoms with van der Waals surface area (Å²) in [6.07, 6.45) is 8.99. The van der Waals surface area contributed by atoms with E-state index in [1.165, 1.54) is 31.7 Å². The molecule has 1 saturated carbocycles. The van der Waals surface area contributed by atoms with Crippen LogP contribution in [0, 0.1) is 5.92 Å². The highest BCUT2D eigenvalue weighted by Gasteiger charge is 2.28. The maximum atomic E-state index is 5.86. The number of ether oxygens (including phenoxy) is 1. The first-order valence-corrected chi connectivity index (χ1v) is 12.4. The molecule has 0 aromatic carbocycles. The average molecular weight is 371 g/mol. The lowest BCUT2D eigenvalue weighted by Crippen LogP contribution is -2.17. The van der Waals surface area contributed by atoms with Crippen molar-refractivity contribution in [3.8, 4) is 0 Å². The van der Waals surface area contributed by atoms with E-state index in [-0.39, 0.29) is 8.80 Å². The normalized spacial score (nSPS) is 21.2. The van der Waals surface area contributed by atoms with Crippen molar-refractivity contribution < 1.29 is 4.74 Å². The first kappa shape index (κ1) is 17.7. The summed E-state index contributed by atoms with van der Waals surface area (Å²) in [7, 11) is -0.232. The Hall–Kier alpha value is -1.73. The maximum Gasteiger partial charge on any atom is 0.179 e. The summed E-state index contributed by atoms with van der Waals surface area (Å²) < 4.78 is 10.2. The zero-order valence-corrected chi connectivity index (χ0v) is 17.0. The first-order chi connectivity index (χ1) is 12.6. The fourth-order valence-electron chi connectivity index (χ4n) is 4.01. The monoisotopic (exact) mass is 370 g/mol. The molecular formula is C19H28N5OSi. The lowest BCUT2D eigenvalue weighted by molar-refractivity contribution is 0.0902. The van der Waals surface area contributed by atoms with Crippen molar-refractivity contribution in [2.45, 2.75) is 64.4 Å². The van der Waals surface area contributed by atoms with Gasteiger partial charge in [0.15, 0.2) is 11.3 Å². The number of rotatable bonds is 6. The van der Waals surface area contributed by atoms with Crippen LogP contribution < -0.4 is 0 Å². The van der Waals surface area contributed by atoms with E-state index in [9.17, 15) is 0 Å². The highest BCUT2D eigenvalue weighted by molar-refractivity contribution is 6.55. The van der Waals surface area contributed by atoms with Gasteiger partial charge in [-0.15, -0.1) is 10.2 Å². The molecule has 2 atom stereocenters. The lowest BCUT2D eigenvalue weighted by Gasteiger charge is -2.27. The van der Waals surface area contributed by atoms with Gasteiger partial charge >= 0.3 is 0 Å². The Labute approximate surface area is 156 Å². The summed E-state index contributed by atoms with van der Waals surface area (Å²) in [5, 5.41) is 8.96. The number of aromatic nitrogens is 5. The standard InChI is InChI=1S/C19H28N5OSi/c1-14-6-4-5-7-15(14)18-22-21-17-12-20-19-16(24(17)18)8-9-23(19)13-25-10-11-26(2)3/h8-9,12,14-15H,4-7,10-11,13H2,1-3H3. The number of nitrogens with zero attached hydrogens (tertiary/aromatic N) is 5. The molecule has 1 radical (unpaired) electrons. The van der Waals surface area contributed by atoms with E-state index in [4.69, 9.17) is 4.74 Å². The fraction of sp³-hybridized carbons (Fsp3) is 0.632. The third-order valence-corrected chi connectivity index (χ3v) is 6.79. The van der Waals surface area contributed by atoms with E-state index >= 15 is 0 Å². The second kappa shape index (κ2) is 7.48. The van der Waals surface area contributed by atoms with Crippen LogP contribution in [0.3, 0.4) is 0 Å². The topological polar surface area (TPSA) is 57.2 Å². The Kier molecular flexibility index (Phi) is 5.08. The van der Waals surface area contributed by atoms with Gasteiger partial charge in [0.1, 0.15) is 12.6 Å². The van der Waals surface area contributed by atoms with E-state index in [2.05, 4.69) is 56.4 Å². The van der Waals surface area contributed by atoms with E-state index in [0.29, 0.717) is 18.6 Å². The predicted molar refractivity (Wildman–Crippen MR) is 105 cm³/mol. The summed E-state index contributed by atoms with van der Waals surface area (Å²) in [6.45, 7) is 8.35. The van der Waals surface area contributed by atoms with Crippen molar-refractivity contribution in [3.63, 3.8) is 0 Å². The highest BCUT2D eigenvalue weighted by Crippen LogP contribution is 2.37. The Bertz CT molecular complexity index is 887. The fourth-order valence-corrected chi connectivity index (χ4v) is 4.56. The molecule has 139 valence electrons. The van der Waals surface area contributed by atoms with Crippen LogP contribution in [0.2, 0.25) is 19.1 Å². The Balaban J connectivity index is 1.65. The van der Waals surface area contributed by atoms with Crippen LogP contribution in [0.1, 0.15) is 44.3 Å². The Morgan fingerprint density at radius 1 is 1.23 bits per heavy atom. The molecule has 1 fully saturated rings. The van der Waals surface area contributed by atoms with Crippen molar-refractivity contribution in [1.29, 1.82) is 0 Å². The van der Waals surface area contributed by atoms with Crippen molar-refractivity contribution in [3.05, 3.63) is 24.3 Å². The number of hydrogen-bond donors (Lipinski definition) is 0. The van der Waals surface area contributed by atoms with Crippen molar-refractivity contribution >= 4 is 25.6 Å². The Morgan fingerprint density at radius 3 is 2.88 bits per heavy atom. The molecule has 4 rings (SSSR count). The summed E-state index contributed by atoms with van der Waals surface area (Å²) in [5.74, 6) is 2.24. The third-order valence-electron chi connectivity index (χ3n) is 5.59. The van der Waals surface area contributed by atoms with Gasteiger partial charge in [-0.25, -0.2) is 4.98 Å². The summed E-state index contributed by atoms with van der Waals surface area (Å²) >= 11 is 0. The van der Waals surface area contributed by atoms with Crippen LogP contribution in [-0.2, 0) is 11.5 Å². The summed E-state index contributed by atoms with van der Waals surface area (Å²) in [5.41, 5.74) is 2.87. The van der Waals surface area contributed by atoms with Crippen molar-refractivity contribution in [1.82, 2.24) is 24.1 Å². The molecule has 6 nitrogen and oxygen atoms in total. The van der Waals surface area contributed by atoms with E-state index < -0.39 is 0 Å². The van der Waals surface area contributed by atoms with Gasteiger partial charge in [-0.05, 0) is 24.4 Å². The second-order valence-electron chi connectivity index (χ2n) is 7.87. The molecule has 7 heteroatoms. The smallest absolute Gasteiger partial charge is 0.179 e. The van der Waals surface area contributed by atoms with Gasteiger partial charge in [0.2, 0.25) is 0 Å². The molecule has 3 aromatic heterocycles.